The molecular weight excluding hydrogens is 740 g/mol. The minimum Gasteiger partial charge on any atom is -0.502 e. The summed E-state index contributed by atoms with van der Waals surface area (Å²) < 4.78 is 30.1. The van der Waals surface area contributed by atoms with Crippen molar-refractivity contribution in [2.75, 3.05) is 55.2 Å². The zero-order chi connectivity index (χ0) is 38.1. The van der Waals surface area contributed by atoms with E-state index < -0.39 is 57.0 Å². The summed E-state index contributed by atoms with van der Waals surface area (Å²) in [6.07, 6.45) is 5.13. The first-order valence-electron chi connectivity index (χ1n) is 17.6. The lowest BCUT2D eigenvalue weighted by molar-refractivity contribution is -0.125. The van der Waals surface area contributed by atoms with Crippen molar-refractivity contribution < 1.29 is 42.9 Å². The van der Waals surface area contributed by atoms with Gasteiger partial charge < -0.3 is 24.2 Å². The molecular formula is C40H36Cl2FN3O8. The Hall–Kier alpha value is -4.91. The summed E-state index contributed by atoms with van der Waals surface area (Å²) in [6.45, 7) is 2.68. The van der Waals surface area contributed by atoms with E-state index >= 15 is 0 Å². The summed E-state index contributed by atoms with van der Waals surface area (Å²) in [4.78, 5) is 57.7. The molecule has 5 aliphatic rings. The van der Waals surface area contributed by atoms with Crippen molar-refractivity contribution in [2.45, 2.75) is 22.6 Å². The van der Waals surface area contributed by atoms with Crippen LogP contribution in [0.3, 0.4) is 0 Å². The van der Waals surface area contributed by atoms with Crippen LogP contribution >= 0.6 is 23.2 Å². The molecule has 280 valence electrons. The lowest BCUT2D eigenvalue weighted by atomic mass is 9.57. The number of halogens is 3. The Balaban J connectivity index is 1.20. The number of phenolic OH excluding ortho intramolecular Hbond substituents is 1. The van der Waals surface area contributed by atoms with Gasteiger partial charge in [-0.3, -0.25) is 24.1 Å². The van der Waals surface area contributed by atoms with E-state index in [4.69, 9.17) is 37.4 Å². The van der Waals surface area contributed by atoms with Gasteiger partial charge in [0, 0.05) is 24.7 Å². The smallest absolute Gasteiger partial charge is 0.258 e. The van der Waals surface area contributed by atoms with E-state index in [9.17, 15) is 28.7 Å². The molecule has 3 aromatic rings. The Morgan fingerprint density at radius 2 is 1.43 bits per heavy atom. The molecule has 3 aromatic carbocycles. The minimum absolute atomic E-state index is 0.0882. The van der Waals surface area contributed by atoms with Gasteiger partial charge in [0.1, 0.15) is 5.82 Å². The van der Waals surface area contributed by atoms with Gasteiger partial charge in [-0.1, -0.05) is 23.8 Å². The number of hydrogen-bond acceptors (Lipinski definition) is 9. The van der Waals surface area contributed by atoms with E-state index in [1.807, 2.05) is 18.2 Å². The first-order valence-corrected chi connectivity index (χ1v) is 18.3. The van der Waals surface area contributed by atoms with Crippen molar-refractivity contribution in [3.8, 4) is 17.2 Å². The quantitative estimate of drug-likeness (QED) is 0.183. The fraction of sp³-hybridized carbons (Fsp3) is 0.350. The standard InChI is InChI=1S/C40H36Cl2FN3O8/c1-52-31-19-22(20-32(53-2)34(31)47)3-14-30-27-12-13-28-33(36(49)45(35(28)48)25-10-8-24(9-11-25)44-15-17-54-18-16-44)29(27)21-39(41)37(50)46(38(51)40(30,39)42)26-6-4-23(43)5-7-26/h3-12,14,19-20,28-30,33,47H,13,15-18,21H2,1-2H3/t28-,29+,30-,33-,39+,40-/m0/s1. The van der Waals surface area contributed by atoms with Crippen molar-refractivity contribution in [2.24, 2.45) is 23.7 Å². The SMILES string of the molecule is COc1cc(C=C[C@H]2C3=CC[C@@H]4C(=O)N(c5ccc(N6CCOCC6)cc5)C(=O)[C@@H]4[C@@H]3C[C@@]3(Cl)C(=O)N(c4ccc(F)cc4)C(=O)[C@@]23Cl)cc(OC)c1O. The molecule has 4 fully saturated rings. The van der Waals surface area contributed by atoms with Crippen LogP contribution in [-0.4, -0.2) is 79.0 Å². The highest BCUT2D eigenvalue weighted by Crippen LogP contribution is 2.63. The average Bonchev–Trinajstić information content (AvgIpc) is 3.53. The molecule has 0 spiro atoms. The van der Waals surface area contributed by atoms with E-state index in [2.05, 4.69) is 4.90 Å². The van der Waals surface area contributed by atoms with Gasteiger partial charge in [-0.05, 0) is 85.0 Å². The maximum absolute atomic E-state index is 14.5. The van der Waals surface area contributed by atoms with E-state index in [0.717, 1.165) is 35.8 Å². The third-order valence-corrected chi connectivity index (χ3v) is 12.9. The molecule has 0 radical (unpaired) electrons. The highest BCUT2D eigenvalue weighted by atomic mass is 35.5. The molecule has 1 N–H and O–H groups in total. The molecule has 0 aromatic heterocycles. The Kier molecular flexibility index (Phi) is 8.98. The monoisotopic (exact) mass is 775 g/mol. The van der Waals surface area contributed by atoms with Crippen LogP contribution in [0.1, 0.15) is 18.4 Å². The molecule has 11 nitrogen and oxygen atoms in total. The highest BCUT2D eigenvalue weighted by molar-refractivity contribution is 6.58. The second-order valence-corrected chi connectivity index (χ2v) is 15.3. The lowest BCUT2D eigenvalue weighted by Crippen LogP contribution is -2.60. The third-order valence-electron chi connectivity index (χ3n) is 11.4. The molecule has 3 saturated heterocycles. The average molecular weight is 777 g/mol. The second-order valence-electron chi connectivity index (χ2n) is 14.1. The van der Waals surface area contributed by atoms with Crippen LogP contribution in [0, 0.1) is 29.5 Å². The summed E-state index contributed by atoms with van der Waals surface area (Å²) in [5, 5.41) is 10.5. The normalized spacial score (nSPS) is 29.4. The number of anilines is 3. The number of aromatic hydroxyl groups is 1. The van der Waals surface area contributed by atoms with Crippen LogP contribution in [0.5, 0.6) is 17.2 Å². The van der Waals surface area contributed by atoms with Crippen molar-refractivity contribution in [3.05, 3.63) is 89.8 Å². The molecule has 14 heteroatoms. The van der Waals surface area contributed by atoms with Crippen molar-refractivity contribution in [3.63, 3.8) is 0 Å². The molecule has 3 aliphatic heterocycles. The second kappa shape index (κ2) is 13.4. The van der Waals surface area contributed by atoms with Gasteiger partial charge >= 0.3 is 0 Å². The van der Waals surface area contributed by atoms with Gasteiger partial charge in [0.25, 0.3) is 11.8 Å². The summed E-state index contributed by atoms with van der Waals surface area (Å²) in [5.41, 5.74) is 2.58. The number of fused-ring (bicyclic) bond motifs is 4. The van der Waals surface area contributed by atoms with Gasteiger partial charge in [0.2, 0.25) is 17.6 Å². The maximum Gasteiger partial charge on any atom is 0.258 e. The molecule has 8 rings (SSSR count). The van der Waals surface area contributed by atoms with Crippen molar-refractivity contribution in [1.82, 2.24) is 0 Å². The number of imide groups is 2. The van der Waals surface area contributed by atoms with Crippen LogP contribution in [0.25, 0.3) is 6.08 Å². The number of allylic oxidation sites excluding steroid dienone is 3. The van der Waals surface area contributed by atoms with Crippen molar-refractivity contribution in [1.29, 1.82) is 0 Å². The van der Waals surface area contributed by atoms with Gasteiger partial charge in [0.15, 0.2) is 21.2 Å². The van der Waals surface area contributed by atoms with Crippen LogP contribution in [-0.2, 0) is 23.9 Å². The zero-order valence-corrected chi connectivity index (χ0v) is 30.8. The Labute approximate surface area is 320 Å². The van der Waals surface area contributed by atoms with Crippen LogP contribution in [0.15, 0.2) is 78.4 Å². The molecule has 54 heavy (non-hydrogen) atoms. The molecule has 2 aliphatic carbocycles. The first-order chi connectivity index (χ1) is 25.9. The number of morpholine rings is 1. The summed E-state index contributed by atoms with van der Waals surface area (Å²) in [7, 11) is 2.78. The summed E-state index contributed by atoms with van der Waals surface area (Å²) in [6, 6.07) is 15.2. The number of carbonyl (C=O) groups excluding carboxylic acids is 4. The van der Waals surface area contributed by atoms with E-state index in [1.165, 1.54) is 31.3 Å². The molecule has 0 unspecified atom stereocenters. The number of alkyl halides is 2. The van der Waals surface area contributed by atoms with Crippen LogP contribution in [0.2, 0.25) is 0 Å². The van der Waals surface area contributed by atoms with Gasteiger partial charge in [0.05, 0.1) is 50.6 Å². The number of nitrogens with zero attached hydrogens (tertiary/aromatic N) is 3. The van der Waals surface area contributed by atoms with Crippen LogP contribution < -0.4 is 24.2 Å². The Bertz CT molecular complexity index is 2100. The zero-order valence-electron chi connectivity index (χ0n) is 29.3. The minimum atomic E-state index is -2.09. The number of rotatable bonds is 7. The molecule has 4 amide bonds. The van der Waals surface area contributed by atoms with E-state index in [0.29, 0.717) is 30.0 Å². The maximum atomic E-state index is 14.5. The van der Waals surface area contributed by atoms with E-state index in [1.54, 1.807) is 36.4 Å². The number of hydrogen-bond donors (Lipinski definition) is 1. The van der Waals surface area contributed by atoms with Gasteiger partial charge in [-0.25, -0.2) is 9.29 Å². The Morgan fingerprint density at radius 1 is 0.833 bits per heavy atom. The fourth-order valence-electron chi connectivity index (χ4n) is 8.75. The molecule has 0 bridgehead atoms. The molecule has 3 heterocycles. The van der Waals surface area contributed by atoms with E-state index in [-0.39, 0.29) is 41.7 Å². The predicted octanol–water partition coefficient (Wildman–Crippen LogP) is 5.70. The fourth-order valence-corrected chi connectivity index (χ4v) is 9.64. The number of methoxy groups -OCH3 is 2. The molecule has 6 atom stereocenters. The predicted molar refractivity (Wildman–Crippen MR) is 200 cm³/mol. The van der Waals surface area contributed by atoms with Gasteiger partial charge in [-0.2, -0.15) is 0 Å². The lowest BCUT2D eigenvalue weighted by Gasteiger charge is -2.49. The number of amides is 4. The van der Waals surface area contributed by atoms with Crippen molar-refractivity contribution >= 4 is 70.0 Å². The van der Waals surface area contributed by atoms with Gasteiger partial charge in [-0.15, -0.1) is 23.2 Å². The van der Waals surface area contributed by atoms with Crippen LogP contribution in [0.4, 0.5) is 21.5 Å². The number of ether oxygens (including phenoxy) is 3. The topological polar surface area (TPSA) is 126 Å². The molecule has 1 saturated carbocycles. The highest BCUT2D eigenvalue weighted by Gasteiger charge is 2.76. The first kappa shape index (κ1) is 36.1. The third kappa shape index (κ3) is 5.32. The number of phenols is 1. The number of benzene rings is 3. The summed E-state index contributed by atoms with van der Waals surface area (Å²) in [5.74, 6) is -6.32. The Morgan fingerprint density at radius 3 is 2.06 bits per heavy atom. The number of carbonyl (C=O) groups is 4. The summed E-state index contributed by atoms with van der Waals surface area (Å²) >= 11 is 14.9. The largest absolute Gasteiger partial charge is 0.502 e.